The fourth-order valence-corrected chi connectivity index (χ4v) is 3.40. The van der Waals surface area contributed by atoms with E-state index in [1.54, 1.807) is 0 Å². The zero-order chi connectivity index (χ0) is 13.0. The van der Waals surface area contributed by atoms with Gasteiger partial charge in [-0.2, -0.15) is 0 Å². The summed E-state index contributed by atoms with van der Waals surface area (Å²) in [5.74, 6) is 2.03. The molecule has 1 aromatic rings. The van der Waals surface area contributed by atoms with E-state index < -0.39 is 0 Å². The van der Waals surface area contributed by atoms with Gasteiger partial charge in [0.05, 0.1) is 6.10 Å². The molecule has 0 radical (unpaired) electrons. The van der Waals surface area contributed by atoms with Gasteiger partial charge in [0.2, 0.25) is 0 Å². The van der Waals surface area contributed by atoms with Gasteiger partial charge in [0.15, 0.2) is 0 Å². The van der Waals surface area contributed by atoms with Gasteiger partial charge in [-0.15, -0.1) is 0 Å². The number of aliphatic hydroxyl groups is 1. The van der Waals surface area contributed by atoms with Crippen LogP contribution in [0.15, 0.2) is 24.4 Å². The second-order valence-electron chi connectivity index (χ2n) is 6.10. The first kappa shape index (κ1) is 13.5. The third-order valence-corrected chi connectivity index (χ3v) is 4.18. The van der Waals surface area contributed by atoms with Crippen molar-refractivity contribution in [1.29, 1.82) is 0 Å². The van der Waals surface area contributed by atoms with E-state index in [0.717, 1.165) is 30.4 Å². The molecule has 100 valence electrons. The molecule has 0 bridgehead atoms. The Labute approximate surface area is 110 Å². The van der Waals surface area contributed by atoms with Crippen LogP contribution in [0.4, 0.5) is 0 Å². The molecule has 0 saturated heterocycles. The third kappa shape index (κ3) is 3.81. The van der Waals surface area contributed by atoms with Gasteiger partial charge < -0.3 is 5.11 Å². The molecule has 3 unspecified atom stereocenters. The van der Waals surface area contributed by atoms with Gasteiger partial charge in [0, 0.05) is 11.9 Å². The quantitative estimate of drug-likeness (QED) is 0.884. The lowest BCUT2D eigenvalue weighted by atomic mass is 9.74. The van der Waals surface area contributed by atoms with Crippen molar-refractivity contribution in [2.45, 2.75) is 52.1 Å². The molecule has 1 heterocycles. The number of aromatic nitrogens is 1. The van der Waals surface area contributed by atoms with Crippen molar-refractivity contribution in [2.75, 3.05) is 0 Å². The molecule has 18 heavy (non-hydrogen) atoms. The minimum absolute atomic E-state index is 0.155. The van der Waals surface area contributed by atoms with Crippen LogP contribution in [-0.4, -0.2) is 16.2 Å². The lowest BCUT2D eigenvalue weighted by Crippen LogP contribution is -2.29. The fraction of sp³-hybridized carbons (Fsp3) is 0.688. The van der Waals surface area contributed by atoms with Gasteiger partial charge in [-0.1, -0.05) is 19.9 Å². The summed E-state index contributed by atoms with van der Waals surface area (Å²) in [4.78, 5) is 4.31. The Bertz CT molecular complexity index is 341. The molecular weight excluding hydrogens is 222 g/mol. The largest absolute Gasteiger partial charge is 0.393 e. The maximum absolute atomic E-state index is 10.3. The van der Waals surface area contributed by atoms with Crippen LogP contribution >= 0.6 is 0 Å². The molecule has 2 nitrogen and oxygen atoms in total. The van der Waals surface area contributed by atoms with Crippen LogP contribution in [0.1, 0.15) is 45.2 Å². The predicted molar refractivity (Wildman–Crippen MR) is 74.2 cm³/mol. The molecule has 1 aromatic heterocycles. The van der Waals surface area contributed by atoms with Gasteiger partial charge in [-0.3, -0.25) is 4.98 Å². The highest BCUT2D eigenvalue weighted by Crippen LogP contribution is 2.35. The van der Waals surface area contributed by atoms with Crippen molar-refractivity contribution in [3.8, 4) is 0 Å². The molecule has 0 aliphatic heterocycles. The first-order valence-electron chi connectivity index (χ1n) is 7.23. The monoisotopic (exact) mass is 247 g/mol. The minimum atomic E-state index is -0.155. The number of aryl methyl sites for hydroxylation is 1. The lowest BCUT2D eigenvalue weighted by Gasteiger charge is -2.34. The molecule has 1 N–H and O–H groups in total. The van der Waals surface area contributed by atoms with E-state index in [9.17, 15) is 5.11 Å². The Morgan fingerprint density at radius 3 is 2.56 bits per heavy atom. The molecule has 0 spiro atoms. The van der Waals surface area contributed by atoms with Crippen LogP contribution in [0.2, 0.25) is 0 Å². The lowest BCUT2D eigenvalue weighted by molar-refractivity contribution is 0.0498. The van der Waals surface area contributed by atoms with Crippen molar-refractivity contribution >= 4 is 0 Å². The molecule has 1 aliphatic rings. The number of hydrogen-bond donors (Lipinski definition) is 1. The normalized spacial score (nSPS) is 30.1. The topological polar surface area (TPSA) is 33.1 Å². The number of aliphatic hydroxyl groups excluding tert-OH is 1. The highest BCUT2D eigenvalue weighted by atomic mass is 16.3. The molecule has 1 aliphatic carbocycles. The summed E-state index contributed by atoms with van der Waals surface area (Å²) < 4.78 is 0. The number of rotatable bonds is 4. The molecular formula is C16H25NO. The Kier molecular flexibility index (Phi) is 4.76. The van der Waals surface area contributed by atoms with E-state index in [-0.39, 0.29) is 6.10 Å². The van der Waals surface area contributed by atoms with Gasteiger partial charge in [0.1, 0.15) is 0 Å². The SMILES string of the molecule is CC1CC(C)CC(C(O)CCc2ccccn2)C1. The van der Waals surface area contributed by atoms with E-state index in [1.165, 1.54) is 19.3 Å². The molecule has 2 heteroatoms. The van der Waals surface area contributed by atoms with E-state index in [2.05, 4.69) is 18.8 Å². The smallest absolute Gasteiger partial charge is 0.0572 e. The summed E-state index contributed by atoms with van der Waals surface area (Å²) in [7, 11) is 0. The van der Waals surface area contributed by atoms with Crippen LogP contribution in [0.25, 0.3) is 0 Å². The van der Waals surface area contributed by atoms with Gasteiger partial charge >= 0.3 is 0 Å². The second-order valence-corrected chi connectivity index (χ2v) is 6.10. The summed E-state index contributed by atoms with van der Waals surface area (Å²) in [6, 6.07) is 5.99. The van der Waals surface area contributed by atoms with E-state index in [4.69, 9.17) is 0 Å². The predicted octanol–water partition coefficient (Wildman–Crippen LogP) is 3.45. The first-order chi connectivity index (χ1) is 8.65. The molecule has 0 aromatic carbocycles. The Morgan fingerprint density at radius 1 is 1.22 bits per heavy atom. The zero-order valence-electron chi connectivity index (χ0n) is 11.5. The summed E-state index contributed by atoms with van der Waals surface area (Å²) >= 11 is 0. The van der Waals surface area contributed by atoms with Crippen LogP contribution < -0.4 is 0 Å². The van der Waals surface area contributed by atoms with Gasteiger partial charge in [0.25, 0.3) is 0 Å². The molecule has 3 atom stereocenters. The minimum Gasteiger partial charge on any atom is -0.393 e. The maximum Gasteiger partial charge on any atom is 0.0572 e. The zero-order valence-corrected chi connectivity index (χ0v) is 11.5. The van der Waals surface area contributed by atoms with E-state index in [0.29, 0.717) is 5.92 Å². The molecule has 1 saturated carbocycles. The van der Waals surface area contributed by atoms with Crippen molar-refractivity contribution < 1.29 is 5.11 Å². The maximum atomic E-state index is 10.3. The van der Waals surface area contributed by atoms with Crippen molar-refractivity contribution in [3.63, 3.8) is 0 Å². The van der Waals surface area contributed by atoms with Crippen molar-refractivity contribution in [3.05, 3.63) is 30.1 Å². The summed E-state index contributed by atoms with van der Waals surface area (Å²) in [5, 5.41) is 10.3. The Balaban J connectivity index is 1.82. The van der Waals surface area contributed by atoms with Crippen LogP contribution in [0.5, 0.6) is 0 Å². The molecule has 0 amide bonds. The van der Waals surface area contributed by atoms with Crippen LogP contribution in [0.3, 0.4) is 0 Å². The van der Waals surface area contributed by atoms with E-state index >= 15 is 0 Å². The highest BCUT2D eigenvalue weighted by molar-refractivity contribution is 5.03. The highest BCUT2D eigenvalue weighted by Gasteiger charge is 2.28. The second kappa shape index (κ2) is 6.33. The summed E-state index contributed by atoms with van der Waals surface area (Å²) in [6.07, 6.45) is 7.11. The van der Waals surface area contributed by atoms with Crippen LogP contribution in [-0.2, 0) is 6.42 Å². The summed E-state index contributed by atoms with van der Waals surface area (Å²) in [5.41, 5.74) is 1.09. The Hall–Kier alpha value is -0.890. The summed E-state index contributed by atoms with van der Waals surface area (Å²) in [6.45, 7) is 4.63. The molecule has 2 rings (SSSR count). The van der Waals surface area contributed by atoms with Crippen molar-refractivity contribution in [2.24, 2.45) is 17.8 Å². The van der Waals surface area contributed by atoms with Gasteiger partial charge in [-0.05, 0) is 62.0 Å². The number of pyridine rings is 1. The molecule has 1 fully saturated rings. The fourth-order valence-electron chi connectivity index (χ4n) is 3.40. The third-order valence-electron chi connectivity index (χ3n) is 4.18. The first-order valence-corrected chi connectivity index (χ1v) is 7.23. The number of hydrogen-bond acceptors (Lipinski definition) is 2. The average molecular weight is 247 g/mol. The Morgan fingerprint density at radius 2 is 1.94 bits per heavy atom. The van der Waals surface area contributed by atoms with Crippen molar-refractivity contribution in [1.82, 2.24) is 4.98 Å². The standard InChI is InChI=1S/C16H25NO/c1-12-9-13(2)11-14(10-12)16(18)7-6-15-5-3-4-8-17-15/h3-5,8,12-14,16,18H,6-7,9-11H2,1-2H3. The van der Waals surface area contributed by atoms with Crippen LogP contribution in [0, 0.1) is 17.8 Å². The number of nitrogens with zero attached hydrogens (tertiary/aromatic N) is 1. The average Bonchev–Trinajstić information content (AvgIpc) is 2.36. The van der Waals surface area contributed by atoms with E-state index in [1.807, 2.05) is 24.4 Å². The van der Waals surface area contributed by atoms with Gasteiger partial charge in [-0.25, -0.2) is 0 Å².